The Labute approximate surface area is 149 Å². The number of carbonyl (C=O) groups is 1. The van der Waals surface area contributed by atoms with Gasteiger partial charge in [0.2, 0.25) is 5.91 Å². The molecular weight excluding hydrogens is 331 g/mol. The molecular formula is C18H26Cl2N2O. The molecule has 2 rings (SSSR count). The zero-order chi connectivity index (χ0) is 16.8. The first-order valence-corrected chi connectivity index (χ1v) is 9.29. The molecule has 1 aromatic rings. The fraction of sp³-hybridized carbons (Fsp3) is 0.611. The summed E-state index contributed by atoms with van der Waals surface area (Å²) in [5, 5.41) is 3.96. The van der Waals surface area contributed by atoms with Gasteiger partial charge < -0.3 is 10.2 Å². The molecule has 5 heteroatoms. The van der Waals surface area contributed by atoms with Crippen LogP contribution in [0.5, 0.6) is 0 Å². The summed E-state index contributed by atoms with van der Waals surface area (Å²) in [6.45, 7) is 7.69. The number of likely N-dealkylation sites (tertiary alicyclic amines) is 1. The molecule has 0 aromatic heterocycles. The number of anilines is 1. The van der Waals surface area contributed by atoms with Crippen molar-refractivity contribution >= 4 is 34.8 Å². The van der Waals surface area contributed by atoms with E-state index in [1.807, 2.05) is 0 Å². The van der Waals surface area contributed by atoms with Crippen molar-refractivity contribution in [2.75, 3.05) is 25.0 Å². The zero-order valence-electron chi connectivity index (χ0n) is 13.9. The second kappa shape index (κ2) is 8.91. The lowest BCUT2D eigenvalue weighted by atomic mass is 9.82. The van der Waals surface area contributed by atoms with Crippen molar-refractivity contribution in [3.05, 3.63) is 28.2 Å². The van der Waals surface area contributed by atoms with E-state index in [2.05, 4.69) is 24.1 Å². The van der Waals surface area contributed by atoms with Gasteiger partial charge in [-0.3, -0.25) is 4.79 Å². The van der Waals surface area contributed by atoms with E-state index in [4.69, 9.17) is 23.2 Å². The summed E-state index contributed by atoms with van der Waals surface area (Å²) in [5.74, 6) is 0.629. The summed E-state index contributed by atoms with van der Waals surface area (Å²) in [6, 6.07) is 5.21. The molecule has 0 spiro atoms. The number of halogens is 2. The van der Waals surface area contributed by atoms with Crippen LogP contribution in [-0.2, 0) is 4.79 Å². The van der Waals surface area contributed by atoms with E-state index >= 15 is 0 Å². The molecule has 1 amide bonds. The largest absolute Gasteiger partial charge is 0.326 e. The number of hydrogen-bond donors (Lipinski definition) is 1. The topological polar surface area (TPSA) is 32.3 Å². The minimum absolute atomic E-state index is 0.0632. The maximum Gasteiger partial charge on any atom is 0.227 e. The van der Waals surface area contributed by atoms with Crippen LogP contribution in [0.4, 0.5) is 5.69 Å². The number of carbonyl (C=O) groups excluding carboxylic acids is 1. The van der Waals surface area contributed by atoms with Crippen LogP contribution in [0.25, 0.3) is 0 Å². The normalized spacial score (nSPS) is 17.9. The van der Waals surface area contributed by atoms with Gasteiger partial charge in [-0.15, -0.1) is 0 Å². The predicted octanol–water partition coefficient (Wildman–Crippen LogP) is 5.08. The average molecular weight is 357 g/mol. The molecule has 0 saturated carbocycles. The lowest BCUT2D eigenvalue weighted by Gasteiger charge is -2.35. The first-order valence-electron chi connectivity index (χ1n) is 8.53. The van der Waals surface area contributed by atoms with Gasteiger partial charge in [-0.25, -0.2) is 0 Å². The molecule has 3 nitrogen and oxygen atoms in total. The molecule has 1 N–H and O–H groups in total. The molecule has 1 heterocycles. The standard InChI is InChI=1S/C18H26Cl2N2O/c1-3-9-22-10-7-13(8-11-22)15(4-2)18(23)21-14-5-6-16(19)17(20)12-14/h5-6,12-13,15H,3-4,7-11H2,1-2H3,(H,21,23). The molecule has 1 unspecified atom stereocenters. The highest BCUT2D eigenvalue weighted by molar-refractivity contribution is 6.42. The summed E-state index contributed by atoms with van der Waals surface area (Å²) in [6.07, 6.45) is 4.27. The molecule has 128 valence electrons. The predicted molar refractivity (Wildman–Crippen MR) is 98.3 cm³/mol. The number of nitrogens with zero attached hydrogens (tertiary/aromatic N) is 1. The van der Waals surface area contributed by atoms with Gasteiger partial charge in [0.15, 0.2) is 0 Å². The fourth-order valence-corrected chi connectivity index (χ4v) is 3.73. The van der Waals surface area contributed by atoms with E-state index in [0.717, 1.165) is 32.4 Å². The quantitative estimate of drug-likeness (QED) is 0.770. The average Bonchev–Trinajstić information content (AvgIpc) is 2.53. The van der Waals surface area contributed by atoms with Crippen molar-refractivity contribution in [1.82, 2.24) is 4.90 Å². The van der Waals surface area contributed by atoms with Crippen LogP contribution >= 0.6 is 23.2 Å². The van der Waals surface area contributed by atoms with Gasteiger partial charge in [-0.2, -0.15) is 0 Å². The summed E-state index contributed by atoms with van der Waals surface area (Å²) < 4.78 is 0. The van der Waals surface area contributed by atoms with Crippen LogP contribution in [0.2, 0.25) is 10.0 Å². The Balaban J connectivity index is 1.94. The Kier molecular flexibility index (Phi) is 7.19. The third-order valence-corrected chi connectivity index (χ3v) is 5.44. The van der Waals surface area contributed by atoms with Crippen LogP contribution in [0, 0.1) is 11.8 Å². The summed E-state index contributed by atoms with van der Waals surface area (Å²) in [4.78, 5) is 15.1. The van der Waals surface area contributed by atoms with Crippen LogP contribution in [-0.4, -0.2) is 30.4 Å². The van der Waals surface area contributed by atoms with Crippen molar-refractivity contribution in [3.8, 4) is 0 Å². The summed E-state index contributed by atoms with van der Waals surface area (Å²) in [7, 11) is 0. The van der Waals surface area contributed by atoms with Crippen LogP contribution in [0.1, 0.15) is 39.5 Å². The van der Waals surface area contributed by atoms with Gasteiger partial charge in [0, 0.05) is 11.6 Å². The van der Waals surface area contributed by atoms with Gasteiger partial charge in [0.25, 0.3) is 0 Å². The molecule has 23 heavy (non-hydrogen) atoms. The Morgan fingerprint density at radius 3 is 2.52 bits per heavy atom. The molecule has 1 atom stereocenters. The zero-order valence-corrected chi connectivity index (χ0v) is 15.5. The van der Waals surface area contributed by atoms with Gasteiger partial charge in [-0.05, 0) is 69.4 Å². The summed E-state index contributed by atoms with van der Waals surface area (Å²) in [5.41, 5.74) is 0.714. The number of piperidine rings is 1. The number of benzene rings is 1. The Hall–Kier alpha value is -0.770. The highest BCUT2D eigenvalue weighted by Gasteiger charge is 2.30. The van der Waals surface area contributed by atoms with Crippen LogP contribution in [0.3, 0.4) is 0 Å². The Bertz CT molecular complexity index is 528. The fourth-order valence-electron chi connectivity index (χ4n) is 3.44. The van der Waals surface area contributed by atoms with Crippen molar-refractivity contribution in [3.63, 3.8) is 0 Å². The van der Waals surface area contributed by atoms with Crippen LogP contribution < -0.4 is 5.32 Å². The van der Waals surface area contributed by atoms with E-state index in [1.54, 1.807) is 18.2 Å². The highest BCUT2D eigenvalue weighted by atomic mass is 35.5. The first-order chi connectivity index (χ1) is 11.0. The minimum atomic E-state index is 0.0632. The lowest BCUT2D eigenvalue weighted by molar-refractivity contribution is -0.122. The van der Waals surface area contributed by atoms with Gasteiger partial charge in [-0.1, -0.05) is 37.0 Å². The van der Waals surface area contributed by atoms with E-state index in [1.165, 1.54) is 13.0 Å². The maximum atomic E-state index is 12.6. The van der Waals surface area contributed by atoms with Crippen LogP contribution in [0.15, 0.2) is 18.2 Å². The van der Waals surface area contributed by atoms with E-state index in [0.29, 0.717) is 21.7 Å². The third kappa shape index (κ3) is 5.10. The molecule has 0 radical (unpaired) electrons. The SMILES string of the molecule is CCCN1CCC(C(CC)C(=O)Nc2ccc(Cl)c(Cl)c2)CC1. The number of rotatable bonds is 6. The first kappa shape index (κ1) is 18.6. The smallest absolute Gasteiger partial charge is 0.227 e. The third-order valence-electron chi connectivity index (χ3n) is 4.70. The summed E-state index contributed by atoms with van der Waals surface area (Å²) >= 11 is 11.9. The van der Waals surface area contributed by atoms with E-state index < -0.39 is 0 Å². The Morgan fingerprint density at radius 1 is 1.26 bits per heavy atom. The molecule has 1 aromatic carbocycles. The van der Waals surface area contributed by atoms with Gasteiger partial charge >= 0.3 is 0 Å². The highest BCUT2D eigenvalue weighted by Crippen LogP contribution is 2.30. The van der Waals surface area contributed by atoms with Crippen molar-refractivity contribution in [1.29, 1.82) is 0 Å². The second-order valence-electron chi connectivity index (χ2n) is 6.31. The number of amides is 1. The molecule has 1 fully saturated rings. The molecule has 1 aliphatic heterocycles. The van der Waals surface area contributed by atoms with Crippen molar-refractivity contribution < 1.29 is 4.79 Å². The molecule has 0 bridgehead atoms. The van der Waals surface area contributed by atoms with Gasteiger partial charge in [0.1, 0.15) is 0 Å². The minimum Gasteiger partial charge on any atom is -0.326 e. The monoisotopic (exact) mass is 356 g/mol. The molecule has 1 saturated heterocycles. The van der Waals surface area contributed by atoms with Gasteiger partial charge in [0.05, 0.1) is 10.0 Å². The maximum absolute atomic E-state index is 12.6. The Morgan fingerprint density at radius 2 is 1.96 bits per heavy atom. The van der Waals surface area contributed by atoms with Crippen molar-refractivity contribution in [2.24, 2.45) is 11.8 Å². The number of nitrogens with one attached hydrogen (secondary N) is 1. The molecule has 0 aliphatic carbocycles. The number of hydrogen-bond acceptors (Lipinski definition) is 2. The lowest BCUT2D eigenvalue weighted by Crippen LogP contribution is -2.39. The molecule has 1 aliphatic rings. The van der Waals surface area contributed by atoms with Crippen molar-refractivity contribution in [2.45, 2.75) is 39.5 Å². The second-order valence-corrected chi connectivity index (χ2v) is 7.13. The van der Waals surface area contributed by atoms with E-state index in [-0.39, 0.29) is 11.8 Å². The van der Waals surface area contributed by atoms with E-state index in [9.17, 15) is 4.79 Å².